The molecule has 3 aromatic rings. The summed E-state index contributed by atoms with van der Waals surface area (Å²) in [7, 11) is 0. The first-order valence-corrected chi connectivity index (χ1v) is 11.4. The number of furan rings is 1. The van der Waals surface area contributed by atoms with Gasteiger partial charge in [-0.15, -0.1) is 12.3 Å². The number of amides is 2. The van der Waals surface area contributed by atoms with E-state index in [1.54, 1.807) is 12.1 Å². The number of hydrogen-bond acceptors (Lipinski definition) is 7. The maximum absolute atomic E-state index is 12.4. The molecular formula is C22H20N4O3S2. The van der Waals surface area contributed by atoms with Gasteiger partial charge in [0.2, 0.25) is 0 Å². The Hall–Kier alpha value is -2.93. The second kappa shape index (κ2) is 9.47. The highest BCUT2D eigenvalue weighted by atomic mass is 32.2. The number of benzene rings is 1. The average molecular weight is 453 g/mol. The summed E-state index contributed by atoms with van der Waals surface area (Å²) in [6.07, 6.45) is 7.99. The Morgan fingerprint density at radius 1 is 1.23 bits per heavy atom. The van der Waals surface area contributed by atoms with Crippen LogP contribution in [0.15, 0.2) is 56.0 Å². The van der Waals surface area contributed by atoms with Gasteiger partial charge in [0.25, 0.3) is 11.1 Å². The summed E-state index contributed by atoms with van der Waals surface area (Å²) >= 11 is 2.30. The van der Waals surface area contributed by atoms with Crippen molar-refractivity contribution in [1.29, 1.82) is 0 Å². The standard InChI is InChI=1S/C22H20N4O3S2/c1-2-3-12-26-20(27)18(30-22(26)28)14-15-9-10-19(29-15)31-21-24-16-7-4-5-8-17(16)25(21)13-6-11-23/h1,4-5,7-10,14H,3,6,11-13,23H2/b18-14-. The monoisotopic (exact) mass is 452 g/mol. The first-order valence-electron chi connectivity index (χ1n) is 9.72. The van der Waals surface area contributed by atoms with Crippen LogP contribution in [0.1, 0.15) is 18.6 Å². The van der Waals surface area contributed by atoms with Crippen molar-refractivity contribution in [2.24, 2.45) is 5.73 Å². The van der Waals surface area contributed by atoms with Gasteiger partial charge in [0.15, 0.2) is 10.2 Å². The Labute approximate surface area is 188 Å². The first kappa shape index (κ1) is 21.3. The van der Waals surface area contributed by atoms with E-state index < -0.39 is 0 Å². The van der Waals surface area contributed by atoms with Crippen LogP contribution in [-0.4, -0.2) is 38.7 Å². The van der Waals surface area contributed by atoms with Crippen molar-refractivity contribution in [3.63, 3.8) is 0 Å². The predicted molar refractivity (Wildman–Crippen MR) is 122 cm³/mol. The van der Waals surface area contributed by atoms with E-state index in [0.29, 0.717) is 28.7 Å². The first-order chi connectivity index (χ1) is 15.1. The summed E-state index contributed by atoms with van der Waals surface area (Å²) in [5, 5.41) is 1.13. The number of para-hydroxylation sites is 2. The molecule has 9 heteroatoms. The molecule has 0 aliphatic carbocycles. The van der Waals surface area contributed by atoms with E-state index in [4.69, 9.17) is 21.6 Å². The summed E-state index contributed by atoms with van der Waals surface area (Å²) in [5.74, 6) is 2.59. The van der Waals surface area contributed by atoms with Crippen LogP contribution in [-0.2, 0) is 11.3 Å². The second-order valence-corrected chi connectivity index (χ2v) is 8.69. The lowest BCUT2D eigenvalue weighted by Crippen LogP contribution is -2.28. The van der Waals surface area contributed by atoms with Crippen molar-refractivity contribution < 1.29 is 14.0 Å². The molecule has 0 saturated carbocycles. The number of aromatic nitrogens is 2. The van der Waals surface area contributed by atoms with E-state index >= 15 is 0 Å². The van der Waals surface area contributed by atoms with Gasteiger partial charge in [-0.3, -0.25) is 14.5 Å². The Morgan fingerprint density at radius 2 is 2.06 bits per heavy atom. The molecule has 0 atom stereocenters. The number of terminal acetylenes is 1. The second-order valence-electron chi connectivity index (χ2n) is 6.72. The van der Waals surface area contributed by atoms with Crippen molar-refractivity contribution in [3.8, 4) is 12.3 Å². The number of aryl methyl sites for hydroxylation is 1. The number of nitrogens with zero attached hydrogens (tertiary/aromatic N) is 3. The number of thioether (sulfide) groups is 1. The van der Waals surface area contributed by atoms with E-state index in [1.807, 2.05) is 30.3 Å². The maximum atomic E-state index is 12.4. The highest BCUT2D eigenvalue weighted by Crippen LogP contribution is 2.35. The van der Waals surface area contributed by atoms with Gasteiger partial charge in [-0.2, -0.15) is 0 Å². The number of imide groups is 1. The van der Waals surface area contributed by atoms with Gasteiger partial charge < -0.3 is 14.7 Å². The zero-order valence-corrected chi connectivity index (χ0v) is 18.2. The smallest absolute Gasteiger partial charge is 0.293 e. The molecule has 7 nitrogen and oxygen atoms in total. The molecule has 1 aromatic carbocycles. The minimum Gasteiger partial charge on any atom is -0.450 e. The Morgan fingerprint density at radius 3 is 2.87 bits per heavy atom. The Balaban J connectivity index is 1.54. The lowest BCUT2D eigenvalue weighted by atomic mass is 10.3. The zero-order chi connectivity index (χ0) is 21.8. The van der Waals surface area contributed by atoms with Gasteiger partial charge in [0, 0.05) is 25.6 Å². The summed E-state index contributed by atoms with van der Waals surface area (Å²) in [6, 6.07) is 11.5. The van der Waals surface area contributed by atoms with E-state index in [-0.39, 0.29) is 17.7 Å². The van der Waals surface area contributed by atoms with E-state index in [2.05, 4.69) is 10.5 Å². The molecule has 0 radical (unpaired) electrons. The molecule has 1 aliphatic heterocycles. The van der Waals surface area contributed by atoms with Crippen LogP contribution < -0.4 is 5.73 Å². The molecular weight excluding hydrogens is 432 g/mol. The van der Waals surface area contributed by atoms with E-state index in [9.17, 15) is 9.59 Å². The third kappa shape index (κ3) is 4.56. The van der Waals surface area contributed by atoms with Crippen LogP contribution >= 0.6 is 23.5 Å². The number of imidazole rings is 1. The highest BCUT2D eigenvalue weighted by Gasteiger charge is 2.34. The number of rotatable bonds is 8. The quantitative estimate of drug-likeness (QED) is 0.404. The lowest BCUT2D eigenvalue weighted by molar-refractivity contribution is -0.122. The third-order valence-electron chi connectivity index (χ3n) is 4.63. The van der Waals surface area contributed by atoms with Crippen molar-refractivity contribution >= 4 is 51.8 Å². The fourth-order valence-electron chi connectivity index (χ4n) is 3.15. The molecule has 1 fully saturated rings. The normalized spacial score (nSPS) is 15.4. The van der Waals surface area contributed by atoms with Crippen molar-refractivity contribution in [2.45, 2.75) is 29.6 Å². The summed E-state index contributed by atoms with van der Waals surface area (Å²) < 4.78 is 8.02. The number of carbonyl (C=O) groups is 2. The number of hydrogen-bond donors (Lipinski definition) is 1. The molecule has 158 valence electrons. The van der Waals surface area contributed by atoms with Gasteiger partial charge in [0.1, 0.15) is 5.76 Å². The molecule has 4 rings (SSSR count). The van der Waals surface area contributed by atoms with Crippen LogP contribution in [0.3, 0.4) is 0 Å². The molecule has 2 N–H and O–H groups in total. The fraction of sp³-hybridized carbons (Fsp3) is 0.227. The molecule has 1 aliphatic rings. The predicted octanol–water partition coefficient (Wildman–Crippen LogP) is 4.19. The van der Waals surface area contributed by atoms with Crippen molar-refractivity contribution in [1.82, 2.24) is 14.5 Å². The van der Waals surface area contributed by atoms with Gasteiger partial charge in [-0.05, 0) is 60.8 Å². The van der Waals surface area contributed by atoms with Crippen LogP contribution in [0.5, 0.6) is 0 Å². The number of carbonyl (C=O) groups excluding carboxylic acids is 2. The molecule has 2 aromatic heterocycles. The third-order valence-corrected chi connectivity index (χ3v) is 6.45. The fourth-order valence-corrected chi connectivity index (χ4v) is 4.89. The number of fused-ring (bicyclic) bond motifs is 1. The summed E-state index contributed by atoms with van der Waals surface area (Å²) in [5.41, 5.74) is 7.66. The topological polar surface area (TPSA) is 94.4 Å². The number of nitrogens with two attached hydrogens (primary N) is 1. The minimum atomic E-state index is -0.348. The van der Waals surface area contributed by atoms with Gasteiger partial charge in [0.05, 0.1) is 15.9 Å². The van der Waals surface area contributed by atoms with Crippen molar-refractivity contribution in [2.75, 3.05) is 13.1 Å². The highest BCUT2D eigenvalue weighted by molar-refractivity contribution is 8.18. The minimum absolute atomic E-state index is 0.219. The maximum Gasteiger partial charge on any atom is 0.293 e. The summed E-state index contributed by atoms with van der Waals surface area (Å²) in [6.45, 7) is 1.58. The van der Waals surface area contributed by atoms with Crippen LogP contribution in [0.25, 0.3) is 17.1 Å². The van der Waals surface area contributed by atoms with Gasteiger partial charge in [-0.25, -0.2) is 4.98 Å². The summed E-state index contributed by atoms with van der Waals surface area (Å²) in [4.78, 5) is 30.7. The van der Waals surface area contributed by atoms with E-state index in [0.717, 1.165) is 45.8 Å². The van der Waals surface area contributed by atoms with E-state index in [1.165, 1.54) is 11.8 Å². The molecule has 31 heavy (non-hydrogen) atoms. The Bertz CT molecular complexity index is 1210. The molecule has 1 saturated heterocycles. The largest absolute Gasteiger partial charge is 0.450 e. The van der Waals surface area contributed by atoms with Crippen molar-refractivity contribution in [3.05, 3.63) is 47.1 Å². The zero-order valence-electron chi connectivity index (χ0n) is 16.6. The van der Waals surface area contributed by atoms with Crippen LogP contribution in [0, 0.1) is 12.3 Å². The van der Waals surface area contributed by atoms with Crippen LogP contribution in [0.4, 0.5) is 4.79 Å². The lowest BCUT2D eigenvalue weighted by Gasteiger charge is -2.09. The Kier molecular flexibility index (Phi) is 6.51. The molecule has 2 amide bonds. The SMILES string of the molecule is C#CCCN1C(=O)S/C(=C\c2ccc(Sc3nc4ccccc4n3CCCN)o2)C1=O. The molecule has 0 unspecified atom stereocenters. The van der Waals surface area contributed by atoms with Gasteiger partial charge in [-0.1, -0.05) is 12.1 Å². The average Bonchev–Trinajstić information content (AvgIpc) is 3.42. The van der Waals surface area contributed by atoms with Crippen LogP contribution in [0.2, 0.25) is 0 Å². The molecule has 0 bridgehead atoms. The molecule has 3 heterocycles. The molecule has 0 spiro atoms. The van der Waals surface area contributed by atoms with Gasteiger partial charge >= 0.3 is 0 Å².